The van der Waals surface area contributed by atoms with E-state index in [0.717, 1.165) is 38.6 Å². The lowest BCUT2D eigenvalue weighted by atomic mass is 9.65. The van der Waals surface area contributed by atoms with Crippen LogP contribution >= 0.6 is 0 Å². The number of nitrogens with one attached hydrogen (secondary N) is 1. The second-order valence-electron chi connectivity index (χ2n) is 8.25. The fourth-order valence-electron chi connectivity index (χ4n) is 5.13. The zero-order valence-electron chi connectivity index (χ0n) is 15.3. The van der Waals surface area contributed by atoms with E-state index in [4.69, 9.17) is 5.73 Å². The molecule has 1 aromatic rings. The number of nitrogens with two attached hydrogens (primary N) is 1. The molecule has 3 aliphatic rings. The first kappa shape index (κ1) is 17.5. The van der Waals surface area contributed by atoms with Crippen molar-refractivity contribution in [3.05, 3.63) is 35.4 Å². The van der Waals surface area contributed by atoms with Crippen molar-refractivity contribution < 1.29 is 9.59 Å². The van der Waals surface area contributed by atoms with Crippen LogP contribution in [-0.2, 0) is 22.6 Å². The maximum atomic E-state index is 12.6. The predicted octanol–water partition coefficient (Wildman–Crippen LogP) is 1.84. The van der Waals surface area contributed by atoms with Gasteiger partial charge in [-0.25, -0.2) is 0 Å². The number of carbonyl (C=O) groups is 2. The number of nitrogens with zero attached hydrogens (tertiary/aromatic N) is 1. The fourth-order valence-corrected chi connectivity index (χ4v) is 5.13. The molecule has 0 spiro atoms. The average molecular weight is 355 g/mol. The molecule has 0 saturated heterocycles. The molecular formula is C21H29N3O2. The van der Waals surface area contributed by atoms with Crippen molar-refractivity contribution in [2.45, 2.75) is 51.1 Å². The Morgan fingerprint density at radius 2 is 1.81 bits per heavy atom. The molecule has 3 N–H and O–H groups in total. The van der Waals surface area contributed by atoms with Crippen LogP contribution in [0.3, 0.4) is 0 Å². The SMILES string of the molecule is NC1C2CCCC1CC(C(=O)NCC(=O)N1CCc3ccccc3C1)C2. The third kappa shape index (κ3) is 3.50. The number of carbonyl (C=O) groups excluding carboxylic acids is 2. The van der Waals surface area contributed by atoms with E-state index in [1.807, 2.05) is 17.0 Å². The Morgan fingerprint density at radius 3 is 2.54 bits per heavy atom. The van der Waals surface area contributed by atoms with Crippen molar-refractivity contribution >= 4 is 11.8 Å². The highest BCUT2D eigenvalue weighted by Gasteiger charge is 2.40. The Bertz CT molecular complexity index is 676. The Hall–Kier alpha value is -1.88. The molecule has 1 aromatic carbocycles. The normalized spacial score (nSPS) is 30.4. The van der Waals surface area contributed by atoms with Crippen molar-refractivity contribution in [2.75, 3.05) is 13.1 Å². The van der Waals surface area contributed by atoms with Gasteiger partial charge in [0.25, 0.3) is 0 Å². The maximum absolute atomic E-state index is 12.6. The molecule has 2 amide bonds. The molecule has 0 radical (unpaired) electrons. The number of hydrogen-bond donors (Lipinski definition) is 2. The van der Waals surface area contributed by atoms with Gasteiger partial charge in [-0.1, -0.05) is 30.7 Å². The van der Waals surface area contributed by atoms with E-state index in [1.54, 1.807) is 0 Å². The first-order valence-electron chi connectivity index (χ1n) is 9.99. The molecule has 5 nitrogen and oxygen atoms in total. The first-order valence-corrected chi connectivity index (χ1v) is 9.99. The van der Waals surface area contributed by atoms with Gasteiger partial charge in [-0.3, -0.25) is 9.59 Å². The third-order valence-electron chi connectivity index (χ3n) is 6.68. The van der Waals surface area contributed by atoms with E-state index in [1.165, 1.54) is 17.5 Å². The third-order valence-corrected chi connectivity index (χ3v) is 6.68. The molecule has 5 heteroatoms. The number of fused-ring (bicyclic) bond motifs is 3. The minimum absolute atomic E-state index is 0.0144. The van der Waals surface area contributed by atoms with Gasteiger partial charge in [-0.15, -0.1) is 0 Å². The molecule has 26 heavy (non-hydrogen) atoms. The largest absolute Gasteiger partial charge is 0.347 e. The Balaban J connectivity index is 1.29. The van der Waals surface area contributed by atoms with Gasteiger partial charge in [-0.05, 0) is 55.1 Å². The van der Waals surface area contributed by atoms with Gasteiger partial charge < -0.3 is 16.0 Å². The van der Waals surface area contributed by atoms with Gasteiger partial charge in [-0.2, -0.15) is 0 Å². The van der Waals surface area contributed by atoms with Gasteiger partial charge in [0.05, 0.1) is 6.54 Å². The molecule has 2 fully saturated rings. The first-order chi connectivity index (χ1) is 12.6. The van der Waals surface area contributed by atoms with E-state index >= 15 is 0 Å². The second-order valence-corrected chi connectivity index (χ2v) is 8.25. The highest BCUT2D eigenvalue weighted by atomic mass is 16.2. The quantitative estimate of drug-likeness (QED) is 0.869. The highest BCUT2D eigenvalue weighted by molar-refractivity contribution is 5.86. The molecule has 140 valence electrons. The summed E-state index contributed by atoms with van der Waals surface area (Å²) in [5.74, 6) is 1.04. The molecule has 2 atom stereocenters. The zero-order valence-corrected chi connectivity index (χ0v) is 15.3. The minimum atomic E-state index is 0.0144. The molecular weight excluding hydrogens is 326 g/mol. The average Bonchev–Trinajstić information content (AvgIpc) is 2.65. The molecule has 2 aliphatic carbocycles. The molecule has 2 saturated carbocycles. The lowest BCUT2D eigenvalue weighted by Gasteiger charge is -2.43. The van der Waals surface area contributed by atoms with E-state index in [-0.39, 0.29) is 30.3 Å². The summed E-state index contributed by atoms with van der Waals surface area (Å²) >= 11 is 0. The number of rotatable bonds is 3. The number of hydrogen-bond acceptors (Lipinski definition) is 3. The Morgan fingerprint density at radius 1 is 1.12 bits per heavy atom. The van der Waals surface area contributed by atoms with Crippen LogP contribution in [0.2, 0.25) is 0 Å². The van der Waals surface area contributed by atoms with Gasteiger partial charge in [0.2, 0.25) is 11.8 Å². The second kappa shape index (κ2) is 7.39. The van der Waals surface area contributed by atoms with Crippen molar-refractivity contribution in [2.24, 2.45) is 23.5 Å². The van der Waals surface area contributed by atoms with Crippen LogP contribution in [-0.4, -0.2) is 35.8 Å². The standard InChI is InChI=1S/C21H29N3O2/c22-20-15-6-3-7-16(20)11-18(10-15)21(26)23-12-19(25)24-9-8-14-4-1-2-5-17(14)13-24/h1-2,4-5,15-16,18,20H,3,6-13,22H2,(H,23,26). The molecule has 0 aromatic heterocycles. The summed E-state index contributed by atoms with van der Waals surface area (Å²) in [5.41, 5.74) is 8.85. The van der Waals surface area contributed by atoms with Crippen LogP contribution in [0.4, 0.5) is 0 Å². The van der Waals surface area contributed by atoms with Crippen LogP contribution in [0.25, 0.3) is 0 Å². The van der Waals surface area contributed by atoms with Gasteiger partial charge >= 0.3 is 0 Å². The topological polar surface area (TPSA) is 75.4 Å². The summed E-state index contributed by atoms with van der Waals surface area (Å²) in [6, 6.07) is 8.53. The molecule has 4 rings (SSSR count). The number of benzene rings is 1. The van der Waals surface area contributed by atoms with E-state index in [2.05, 4.69) is 17.4 Å². The van der Waals surface area contributed by atoms with Crippen molar-refractivity contribution in [3.63, 3.8) is 0 Å². The van der Waals surface area contributed by atoms with Crippen LogP contribution < -0.4 is 11.1 Å². The molecule has 2 bridgehead atoms. The molecule has 1 aliphatic heterocycles. The lowest BCUT2D eigenvalue weighted by Crippen LogP contribution is -2.50. The summed E-state index contributed by atoms with van der Waals surface area (Å²) in [5, 5.41) is 2.91. The number of amides is 2. The van der Waals surface area contributed by atoms with Crippen molar-refractivity contribution in [1.29, 1.82) is 0 Å². The van der Waals surface area contributed by atoms with E-state index < -0.39 is 0 Å². The van der Waals surface area contributed by atoms with Crippen molar-refractivity contribution in [1.82, 2.24) is 10.2 Å². The van der Waals surface area contributed by atoms with Crippen LogP contribution in [0.15, 0.2) is 24.3 Å². The molecule has 2 unspecified atom stereocenters. The zero-order chi connectivity index (χ0) is 18.1. The summed E-state index contributed by atoms with van der Waals surface area (Å²) < 4.78 is 0. The van der Waals surface area contributed by atoms with Crippen LogP contribution in [0.5, 0.6) is 0 Å². The Kier molecular flexibility index (Phi) is 4.98. The lowest BCUT2D eigenvalue weighted by molar-refractivity contribution is -0.135. The summed E-state index contributed by atoms with van der Waals surface area (Å²) in [6.45, 7) is 1.49. The summed E-state index contributed by atoms with van der Waals surface area (Å²) in [6.07, 6.45) is 6.19. The highest BCUT2D eigenvalue weighted by Crippen LogP contribution is 2.41. The predicted molar refractivity (Wildman–Crippen MR) is 100 cm³/mol. The Labute approximate surface area is 155 Å². The van der Waals surface area contributed by atoms with Gasteiger partial charge in [0, 0.05) is 25.0 Å². The van der Waals surface area contributed by atoms with E-state index in [0.29, 0.717) is 18.4 Å². The van der Waals surface area contributed by atoms with E-state index in [9.17, 15) is 9.59 Å². The molecule has 1 heterocycles. The van der Waals surface area contributed by atoms with Gasteiger partial charge in [0.1, 0.15) is 0 Å². The van der Waals surface area contributed by atoms with Crippen LogP contribution in [0, 0.1) is 17.8 Å². The monoisotopic (exact) mass is 355 g/mol. The summed E-state index contributed by atoms with van der Waals surface area (Å²) in [4.78, 5) is 27.0. The minimum Gasteiger partial charge on any atom is -0.347 e. The maximum Gasteiger partial charge on any atom is 0.242 e. The van der Waals surface area contributed by atoms with Crippen LogP contribution in [0.1, 0.15) is 43.2 Å². The van der Waals surface area contributed by atoms with Gasteiger partial charge in [0.15, 0.2) is 0 Å². The summed E-state index contributed by atoms with van der Waals surface area (Å²) in [7, 11) is 0. The smallest absolute Gasteiger partial charge is 0.242 e. The van der Waals surface area contributed by atoms with Crippen molar-refractivity contribution in [3.8, 4) is 0 Å². The fraction of sp³-hybridized carbons (Fsp3) is 0.619.